The average molecular weight is 354 g/mol. The quantitative estimate of drug-likeness (QED) is 0.850. The van der Waals surface area contributed by atoms with Gasteiger partial charge in [-0.3, -0.25) is 9.59 Å². The SMILES string of the molecule is CCCNC(=O)C1CCCN(C(=O)C(C)(N)c2ccccc2)C1.Cl. The predicted molar refractivity (Wildman–Crippen MR) is 97.8 cm³/mol. The molecule has 1 aliphatic rings. The van der Waals surface area contributed by atoms with Gasteiger partial charge in [0.25, 0.3) is 0 Å². The monoisotopic (exact) mass is 353 g/mol. The van der Waals surface area contributed by atoms with Crippen molar-refractivity contribution < 1.29 is 9.59 Å². The summed E-state index contributed by atoms with van der Waals surface area (Å²) in [6, 6.07) is 9.40. The first kappa shape index (κ1) is 20.5. The summed E-state index contributed by atoms with van der Waals surface area (Å²) in [6.45, 7) is 5.56. The molecule has 0 radical (unpaired) electrons. The minimum Gasteiger partial charge on any atom is -0.356 e. The van der Waals surface area contributed by atoms with Crippen LogP contribution in [0.2, 0.25) is 0 Å². The fourth-order valence-electron chi connectivity index (χ4n) is 3.00. The molecule has 2 rings (SSSR count). The first-order valence-electron chi connectivity index (χ1n) is 8.38. The Bertz CT molecular complexity index is 548. The highest BCUT2D eigenvalue weighted by Crippen LogP contribution is 2.24. The Morgan fingerprint density at radius 3 is 2.62 bits per heavy atom. The second-order valence-electron chi connectivity index (χ2n) is 6.45. The third-order valence-electron chi connectivity index (χ3n) is 4.45. The largest absolute Gasteiger partial charge is 0.356 e. The van der Waals surface area contributed by atoms with Gasteiger partial charge in [-0.15, -0.1) is 12.4 Å². The summed E-state index contributed by atoms with van der Waals surface area (Å²) in [5, 5.41) is 2.92. The molecule has 134 valence electrons. The lowest BCUT2D eigenvalue weighted by atomic mass is 9.89. The van der Waals surface area contributed by atoms with E-state index in [0.29, 0.717) is 19.6 Å². The molecule has 24 heavy (non-hydrogen) atoms. The van der Waals surface area contributed by atoms with Crippen molar-refractivity contribution >= 4 is 24.2 Å². The Kier molecular flexibility index (Phi) is 7.70. The molecule has 2 unspecified atom stereocenters. The van der Waals surface area contributed by atoms with Crippen molar-refractivity contribution in [2.45, 2.75) is 38.6 Å². The number of amides is 2. The summed E-state index contributed by atoms with van der Waals surface area (Å²) in [7, 11) is 0. The summed E-state index contributed by atoms with van der Waals surface area (Å²) in [4.78, 5) is 26.8. The first-order valence-corrected chi connectivity index (χ1v) is 8.38. The maximum atomic E-state index is 12.9. The number of carbonyl (C=O) groups is 2. The molecular formula is C18H28ClN3O2. The van der Waals surface area contributed by atoms with Crippen LogP contribution in [0, 0.1) is 5.92 Å². The van der Waals surface area contributed by atoms with Crippen molar-refractivity contribution in [1.82, 2.24) is 10.2 Å². The van der Waals surface area contributed by atoms with Gasteiger partial charge in [0.15, 0.2) is 0 Å². The molecule has 2 amide bonds. The van der Waals surface area contributed by atoms with Crippen molar-refractivity contribution in [2.75, 3.05) is 19.6 Å². The molecule has 1 saturated heterocycles. The number of likely N-dealkylation sites (tertiary alicyclic amines) is 1. The summed E-state index contributed by atoms with van der Waals surface area (Å²) in [5.74, 6) is -0.203. The Labute approximate surface area is 150 Å². The van der Waals surface area contributed by atoms with Gasteiger partial charge in [0, 0.05) is 19.6 Å². The van der Waals surface area contributed by atoms with E-state index in [0.717, 1.165) is 24.8 Å². The van der Waals surface area contributed by atoms with Gasteiger partial charge >= 0.3 is 0 Å². The maximum Gasteiger partial charge on any atom is 0.246 e. The van der Waals surface area contributed by atoms with Crippen LogP contribution < -0.4 is 11.1 Å². The van der Waals surface area contributed by atoms with Crippen LogP contribution in [-0.4, -0.2) is 36.3 Å². The molecule has 2 atom stereocenters. The number of rotatable bonds is 5. The Morgan fingerprint density at radius 2 is 2.00 bits per heavy atom. The van der Waals surface area contributed by atoms with E-state index in [1.807, 2.05) is 37.3 Å². The molecule has 5 nitrogen and oxygen atoms in total. The topological polar surface area (TPSA) is 75.4 Å². The van der Waals surface area contributed by atoms with Crippen LogP contribution in [-0.2, 0) is 15.1 Å². The third-order valence-corrected chi connectivity index (χ3v) is 4.45. The van der Waals surface area contributed by atoms with E-state index < -0.39 is 5.54 Å². The second-order valence-corrected chi connectivity index (χ2v) is 6.45. The standard InChI is InChI=1S/C18H27N3O2.ClH/c1-3-11-20-16(22)14-8-7-12-21(13-14)17(23)18(2,19)15-9-5-4-6-10-15;/h4-6,9-10,14H,3,7-8,11-13,19H2,1-2H3,(H,20,22);1H. The van der Waals surface area contributed by atoms with Gasteiger partial charge in [-0.1, -0.05) is 37.3 Å². The highest BCUT2D eigenvalue weighted by Gasteiger charge is 2.37. The maximum absolute atomic E-state index is 12.9. The summed E-state index contributed by atoms with van der Waals surface area (Å²) in [6.07, 6.45) is 2.57. The van der Waals surface area contributed by atoms with Crippen LogP contribution in [0.5, 0.6) is 0 Å². The zero-order valence-corrected chi connectivity index (χ0v) is 15.3. The number of nitrogens with two attached hydrogens (primary N) is 1. The van der Waals surface area contributed by atoms with Crippen molar-refractivity contribution in [3.8, 4) is 0 Å². The van der Waals surface area contributed by atoms with Gasteiger partial charge < -0.3 is 16.0 Å². The molecule has 0 bridgehead atoms. The molecule has 1 aromatic rings. The number of carbonyl (C=O) groups excluding carboxylic acids is 2. The molecule has 0 saturated carbocycles. The molecule has 1 aliphatic heterocycles. The number of hydrogen-bond donors (Lipinski definition) is 2. The number of halogens is 1. The average Bonchev–Trinajstić information content (AvgIpc) is 2.59. The molecule has 6 heteroatoms. The minimum absolute atomic E-state index is 0. The zero-order chi connectivity index (χ0) is 16.9. The summed E-state index contributed by atoms with van der Waals surface area (Å²) in [5.41, 5.74) is 6.05. The van der Waals surface area contributed by atoms with Gasteiger partial charge in [0.1, 0.15) is 5.54 Å². The van der Waals surface area contributed by atoms with Crippen LogP contribution in [0.4, 0.5) is 0 Å². The zero-order valence-electron chi connectivity index (χ0n) is 14.5. The number of nitrogens with one attached hydrogen (secondary N) is 1. The number of hydrogen-bond acceptors (Lipinski definition) is 3. The van der Waals surface area contributed by atoms with Gasteiger partial charge in [-0.05, 0) is 31.7 Å². The van der Waals surface area contributed by atoms with E-state index in [1.165, 1.54) is 0 Å². The predicted octanol–water partition coefficient (Wildman–Crippen LogP) is 2.05. The minimum atomic E-state index is -1.07. The van der Waals surface area contributed by atoms with E-state index in [2.05, 4.69) is 5.32 Å². The van der Waals surface area contributed by atoms with E-state index in [-0.39, 0.29) is 30.1 Å². The highest BCUT2D eigenvalue weighted by molar-refractivity contribution is 5.88. The highest BCUT2D eigenvalue weighted by atomic mass is 35.5. The normalized spacial score (nSPS) is 19.8. The van der Waals surface area contributed by atoms with Crippen LogP contribution in [0.25, 0.3) is 0 Å². The van der Waals surface area contributed by atoms with E-state index >= 15 is 0 Å². The number of piperidine rings is 1. The van der Waals surface area contributed by atoms with E-state index in [4.69, 9.17) is 5.73 Å². The van der Waals surface area contributed by atoms with Crippen molar-refractivity contribution in [2.24, 2.45) is 11.7 Å². The van der Waals surface area contributed by atoms with E-state index in [1.54, 1.807) is 11.8 Å². The second kappa shape index (κ2) is 9.04. The smallest absolute Gasteiger partial charge is 0.246 e. The molecule has 3 N–H and O–H groups in total. The van der Waals surface area contributed by atoms with Gasteiger partial charge in [0.05, 0.1) is 5.92 Å². The van der Waals surface area contributed by atoms with Gasteiger partial charge in [0.2, 0.25) is 11.8 Å². The van der Waals surface area contributed by atoms with Crippen molar-refractivity contribution in [3.05, 3.63) is 35.9 Å². The Balaban J connectivity index is 0.00000288. The fraction of sp³-hybridized carbons (Fsp3) is 0.556. The Hall–Kier alpha value is -1.59. The number of benzene rings is 1. The molecule has 1 heterocycles. The fourth-order valence-corrected chi connectivity index (χ4v) is 3.00. The third kappa shape index (κ3) is 4.71. The van der Waals surface area contributed by atoms with Crippen LogP contribution in [0.3, 0.4) is 0 Å². The van der Waals surface area contributed by atoms with Crippen LogP contribution in [0.1, 0.15) is 38.7 Å². The summed E-state index contributed by atoms with van der Waals surface area (Å²) < 4.78 is 0. The molecular weight excluding hydrogens is 326 g/mol. The van der Waals surface area contributed by atoms with E-state index in [9.17, 15) is 9.59 Å². The number of nitrogens with zero attached hydrogens (tertiary/aromatic N) is 1. The van der Waals surface area contributed by atoms with Gasteiger partial charge in [-0.2, -0.15) is 0 Å². The summed E-state index contributed by atoms with van der Waals surface area (Å²) >= 11 is 0. The lowest BCUT2D eigenvalue weighted by Gasteiger charge is -2.37. The first-order chi connectivity index (χ1) is 11.0. The molecule has 0 spiro atoms. The molecule has 1 aromatic carbocycles. The van der Waals surface area contributed by atoms with Crippen LogP contribution in [0.15, 0.2) is 30.3 Å². The van der Waals surface area contributed by atoms with Crippen molar-refractivity contribution in [3.63, 3.8) is 0 Å². The molecule has 0 aliphatic carbocycles. The lowest BCUT2D eigenvalue weighted by Crippen LogP contribution is -2.55. The van der Waals surface area contributed by atoms with Crippen LogP contribution >= 0.6 is 12.4 Å². The Morgan fingerprint density at radius 1 is 1.33 bits per heavy atom. The molecule has 0 aromatic heterocycles. The van der Waals surface area contributed by atoms with Gasteiger partial charge in [-0.25, -0.2) is 0 Å². The molecule has 1 fully saturated rings. The lowest BCUT2D eigenvalue weighted by molar-refractivity contribution is -0.140. The van der Waals surface area contributed by atoms with Crippen molar-refractivity contribution in [1.29, 1.82) is 0 Å².